The van der Waals surface area contributed by atoms with Gasteiger partial charge in [0.15, 0.2) is 0 Å². The smallest absolute Gasteiger partial charge is 0.228 e. The fourth-order valence-electron chi connectivity index (χ4n) is 1.62. The first-order valence-electron chi connectivity index (χ1n) is 4.10. The Hall–Kier alpha value is -0.640. The van der Waals surface area contributed by atoms with Gasteiger partial charge in [0, 0.05) is 10.8 Å². The van der Waals surface area contributed by atoms with Crippen molar-refractivity contribution < 1.29 is 4.92 Å². The SMILES string of the molecule is CC[C@@H]1CCNC[C@H]1[N+](=O)[O-]. The summed E-state index contributed by atoms with van der Waals surface area (Å²) in [5.41, 5.74) is 0. The van der Waals surface area contributed by atoms with Crippen molar-refractivity contribution >= 4 is 0 Å². The standard InChI is InChI=1S/C7H14N2O2/c1-2-6-3-4-8-5-7(6)9(10)11/h6-8H,2-5H2,1H3/t6-,7-/m1/s1. The number of piperidine rings is 1. The van der Waals surface area contributed by atoms with Crippen LogP contribution in [0.25, 0.3) is 0 Å². The Morgan fingerprint density at radius 1 is 1.73 bits per heavy atom. The normalized spacial score (nSPS) is 31.7. The first-order chi connectivity index (χ1) is 5.25. The molecule has 4 heteroatoms. The highest BCUT2D eigenvalue weighted by Crippen LogP contribution is 2.17. The van der Waals surface area contributed by atoms with E-state index in [0.717, 1.165) is 19.4 Å². The second-order valence-corrected chi connectivity index (χ2v) is 3.01. The van der Waals surface area contributed by atoms with Crippen LogP contribution in [0.15, 0.2) is 0 Å². The average Bonchev–Trinajstić information content (AvgIpc) is 2.04. The van der Waals surface area contributed by atoms with Crippen molar-refractivity contribution in [3.63, 3.8) is 0 Å². The maximum absolute atomic E-state index is 10.5. The van der Waals surface area contributed by atoms with Crippen LogP contribution in [0.2, 0.25) is 0 Å². The van der Waals surface area contributed by atoms with Gasteiger partial charge in [-0.2, -0.15) is 0 Å². The lowest BCUT2D eigenvalue weighted by Crippen LogP contribution is -2.44. The molecule has 0 spiro atoms. The Kier molecular flexibility index (Phi) is 2.82. The summed E-state index contributed by atoms with van der Waals surface area (Å²) in [6, 6.07) is -0.353. The summed E-state index contributed by atoms with van der Waals surface area (Å²) < 4.78 is 0. The topological polar surface area (TPSA) is 55.2 Å². The number of nitro groups is 1. The minimum Gasteiger partial charge on any atom is -0.310 e. The predicted molar refractivity (Wildman–Crippen MR) is 42.1 cm³/mol. The minimum absolute atomic E-state index is 0.152. The second-order valence-electron chi connectivity index (χ2n) is 3.01. The van der Waals surface area contributed by atoms with Gasteiger partial charge in [-0.1, -0.05) is 6.92 Å². The number of rotatable bonds is 2. The number of hydrogen-bond acceptors (Lipinski definition) is 3. The lowest BCUT2D eigenvalue weighted by atomic mass is 9.91. The molecule has 2 atom stereocenters. The van der Waals surface area contributed by atoms with E-state index in [1.807, 2.05) is 6.92 Å². The number of hydrogen-bond donors (Lipinski definition) is 1. The van der Waals surface area contributed by atoms with Gasteiger partial charge in [-0.15, -0.1) is 0 Å². The number of nitrogens with one attached hydrogen (secondary N) is 1. The van der Waals surface area contributed by atoms with Crippen molar-refractivity contribution in [3.8, 4) is 0 Å². The third-order valence-electron chi connectivity index (χ3n) is 2.38. The van der Waals surface area contributed by atoms with Gasteiger partial charge < -0.3 is 5.32 Å². The molecular formula is C7H14N2O2. The first kappa shape index (κ1) is 8.46. The lowest BCUT2D eigenvalue weighted by molar-refractivity contribution is -0.532. The van der Waals surface area contributed by atoms with Crippen LogP contribution in [0.3, 0.4) is 0 Å². The second kappa shape index (κ2) is 3.67. The molecule has 4 nitrogen and oxygen atoms in total. The highest BCUT2D eigenvalue weighted by atomic mass is 16.6. The predicted octanol–water partition coefficient (Wildman–Crippen LogP) is 0.651. The summed E-state index contributed by atoms with van der Waals surface area (Å²) >= 11 is 0. The van der Waals surface area contributed by atoms with Gasteiger partial charge in [0.25, 0.3) is 0 Å². The molecule has 0 amide bonds. The van der Waals surface area contributed by atoms with Crippen LogP contribution in [0.5, 0.6) is 0 Å². The molecule has 0 saturated carbocycles. The largest absolute Gasteiger partial charge is 0.310 e. The molecule has 1 aliphatic heterocycles. The zero-order valence-corrected chi connectivity index (χ0v) is 6.75. The van der Waals surface area contributed by atoms with Crippen LogP contribution in [0.4, 0.5) is 0 Å². The van der Waals surface area contributed by atoms with E-state index in [2.05, 4.69) is 5.32 Å². The maximum atomic E-state index is 10.5. The summed E-state index contributed by atoms with van der Waals surface area (Å²) in [6.07, 6.45) is 1.87. The molecule has 1 heterocycles. The molecule has 0 aliphatic carbocycles. The van der Waals surface area contributed by atoms with E-state index in [9.17, 15) is 10.1 Å². The Balaban J connectivity index is 2.51. The molecule has 0 bridgehead atoms. The van der Waals surface area contributed by atoms with E-state index >= 15 is 0 Å². The molecular weight excluding hydrogens is 144 g/mol. The van der Waals surface area contributed by atoms with Crippen LogP contribution in [0.1, 0.15) is 19.8 Å². The van der Waals surface area contributed by atoms with Gasteiger partial charge >= 0.3 is 0 Å². The molecule has 64 valence electrons. The van der Waals surface area contributed by atoms with E-state index < -0.39 is 0 Å². The Bertz CT molecular complexity index is 149. The van der Waals surface area contributed by atoms with Crippen molar-refractivity contribution in [2.24, 2.45) is 5.92 Å². The average molecular weight is 158 g/mol. The molecule has 0 aromatic rings. The molecule has 0 unspecified atom stereocenters. The van der Waals surface area contributed by atoms with Crippen molar-refractivity contribution in [3.05, 3.63) is 10.1 Å². The molecule has 1 fully saturated rings. The molecule has 1 aliphatic rings. The van der Waals surface area contributed by atoms with Gasteiger partial charge in [-0.25, -0.2) is 0 Å². The van der Waals surface area contributed by atoms with Gasteiger partial charge in [-0.3, -0.25) is 10.1 Å². The third-order valence-corrected chi connectivity index (χ3v) is 2.38. The zero-order chi connectivity index (χ0) is 8.27. The highest BCUT2D eigenvalue weighted by molar-refractivity contribution is 4.76. The van der Waals surface area contributed by atoms with E-state index in [4.69, 9.17) is 0 Å². The van der Waals surface area contributed by atoms with Crippen LogP contribution in [-0.4, -0.2) is 24.1 Å². The Labute approximate surface area is 66.1 Å². The molecule has 0 aromatic carbocycles. The fourth-order valence-corrected chi connectivity index (χ4v) is 1.62. The molecule has 1 rings (SSSR count). The third kappa shape index (κ3) is 1.89. The van der Waals surface area contributed by atoms with Crippen molar-refractivity contribution in [1.29, 1.82) is 0 Å². The van der Waals surface area contributed by atoms with Gasteiger partial charge in [0.2, 0.25) is 6.04 Å². The van der Waals surface area contributed by atoms with E-state index in [1.54, 1.807) is 0 Å². The molecule has 0 radical (unpaired) electrons. The van der Waals surface area contributed by atoms with Crippen LogP contribution >= 0.6 is 0 Å². The van der Waals surface area contributed by atoms with Crippen molar-refractivity contribution in [1.82, 2.24) is 5.32 Å². The molecule has 0 aromatic heterocycles. The molecule has 1 N–H and O–H groups in total. The Morgan fingerprint density at radius 2 is 2.45 bits per heavy atom. The van der Waals surface area contributed by atoms with E-state index in [-0.39, 0.29) is 16.9 Å². The van der Waals surface area contributed by atoms with Crippen LogP contribution in [0, 0.1) is 16.0 Å². The van der Waals surface area contributed by atoms with Crippen LogP contribution < -0.4 is 5.32 Å². The summed E-state index contributed by atoms with van der Waals surface area (Å²) in [6.45, 7) is 3.50. The number of nitrogens with zero attached hydrogens (tertiary/aromatic N) is 1. The molecule has 11 heavy (non-hydrogen) atoms. The van der Waals surface area contributed by atoms with Gasteiger partial charge in [0.05, 0.1) is 6.54 Å². The lowest BCUT2D eigenvalue weighted by Gasteiger charge is -2.24. The minimum atomic E-state index is -0.353. The van der Waals surface area contributed by atoms with Gasteiger partial charge in [0.1, 0.15) is 0 Å². The summed E-state index contributed by atoms with van der Waals surface area (Å²) in [4.78, 5) is 10.3. The highest BCUT2D eigenvalue weighted by Gasteiger charge is 2.32. The van der Waals surface area contributed by atoms with E-state index in [1.165, 1.54) is 0 Å². The molecule has 1 saturated heterocycles. The first-order valence-corrected chi connectivity index (χ1v) is 4.10. The maximum Gasteiger partial charge on any atom is 0.228 e. The monoisotopic (exact) mass is 158 g/mol. The summed E-state index contributed by atoms with van der Waals surface area (Å²) in [7, 11) is 0. The van der Waals surface area contributed by atoms with Gasteiger partial charge in [-0.05, 0) is 19.4 Å². The van der Waals surface area contributed by atoms with E-state index in [0.29, 0.717) is 6.54 Å². The summed E-state index contributed by atoms with van der Waals surface area (Å²) in [5.74, 6) is 0.284. The Morgan fingerprint density at radius 3 is 2.91 bits per heavy atom. The fraction of sp³-hybridized carbons (Fsp3) is 1.00. The summed E-state index contributed by atoms with van der Waals surface area (Å²) in [5, 5.41) is 13.5. The van der Waals surface area contributed by atoms with Crippen molar-refractivity contribution in [2.45, 2.75) is 25.8 Å². The quantitative estimate of drug-likeness (QED) is 0.474. The zero-order valence-electron chi connectivity index (χ0n) is 6.75. The van der Waals surface area contributed by atoms with Crippen molar-refractivity contribution in [2.75, 3.05) is 13.1 Å². The van der Waals surface area contributed by atoms with Crippen LogP contribution in [-0.2, 0) is 0 Å².